The highest BCUT2D eigenvalue weighted by molar-refractivity contribution is 6.30. The van der Waals surface area contributed by atoms with E-state index >= 15 is 0 Å². The molecule has 0 saturated heterocycles. The zero-order valence-electron chi connectivity index (χ0n) is 11.1. The number of halogens is 1. The van der Waals surface area contributed by atoms with Crippen molar-refractivity contribution in [2.45, 2.75) is 19.5 Å². The van der Waals surface area contributed by atoms with Crippen molar-refractivity contribution < 1.29 is 14.4 Å². The molecule has 0 aliphatic carbocycles. The van der Waals surface area contributed by atoms with Crippen LogP contribution in [-0.4, -0.2) is 39.2 Å². The predicted molar refractivity (Wildman–Crippen MR) is 73.3 cm³/mol. The largest absolute Gasteiger partial charge is 0.480 e. The molecule has 6 nitrogen and oxygen atoms in total. The van der Waals surface area contributed by atoms with Crippen molar-refractivity contribution in [2.75, 3.05) is 7.05 Å². The summed E-state index contributed by atoms with van der Waals surface area (Å²) in [5.74, 6) is -0.0764. The number of benzene rings is 1. The van der Waals surface area contributed by atoms with Crippen LogP contribution in [0.2, 0.25) is 5.02 Å². The minimum atomic E-state index is -0.895. The molecule has 1 heterocycles. The number of likely N-dealkylation sites (N-methyl/N-ethyl adjacent to an activating group) is 1. The molecule has 0 fully saturated rings. The summed E-state index contributed by atoms with van der Waals surface area (Å²) in [5, 5.41) is 13.4. The molecule has 7 heteroatoms. The number of hydrogen-bond donors (Lipinski definition) is 1. The molecule has 1 N–H and O–H groups in total. The van der Waals surface area contributed by atoms with E-state index in [1.807, 2.05) is 0 Å². The van der Waals surface area contributed by atoms with E-state index in [1.54, 1.807) is 43.1 Å². The van der Waals surface area contributed by atoms with Gasteiger partial charge in [0.25, 0.3) is 5.89 Å². The fourth-order valence-corrected chi connectivity index (χ4v) is 1.70. The van der Waals surface area contributed by atoms with Crippen LogP contribution >= 0.6 is 11.6 Å². The second-order valence-corrected chi connectivity index (χ2v) is 4.89. The molecule has 0 amide bonds. The van der Waals surface area contributed by atoms with Gasteiger partial charge in [-0.25, -0.2) is 0 Å². The van der Waals surface area contributed by atoms with Crippen LogP contribution in [0.1, 0.15) is 12.7 Å². The third-order valence-corrected chi connectivity index (χ3v) is 3.22. The lowest BCUT2D eigenvalue weighted by Gasteiger charge is -2.18. The third kappa shape index (κ3) is 3.34. The Hall–Kier alpha value is -1.92. The van der Waals surface area contributed by atoms with Crippen molar-refractivity contribution in [1.82, 2.24) is 15.0 Å². The van der Waals surface area contributed by atoms with Gasteiger partial charge in [0, 0.05) is 10.6 Å². The number of aromatic nitrogens is 2. The van der Waals surface area contributed by atoms with Crippen LogP contribution in [0.4, 0.5) is 0 Å². The zero-order valence-corrected chi connectivity index (χ0v) is 11.8. The molecular formula is C13H14ClN3O3. The average Bonchev–Trinajstić information content (AvgIpc) is 2.87. The third-order valence-electron chi connectivity index (χ3n) is 2.97. The lowest BCUT2D eigenvalue weighted by molar-refractivity contribution is -0.142. The Labute approximate surface area is 121 Å². The minimum Gasteiger partial charge on any atom is -0.480 e. The lowest BCUT2D eigenvalue weighted by Crippen LogP contribution is -2.35. The van der Waals surface area contributed by atoms with E-state index in [0.29, 0.717) is 23.3 Å². The lowest BCUT2D eigenvalue weighted by atomic mass is 10.2. The van der Waals surface area contributed by atoms with Crippen LogP contribution in [-0.2, 0) is 11.3 Å². The average molecular weight is 296 g/mol. The molecule has 1 unspecified atom stereocenters. The summed E-state index contributed by atoms with van der Waals surface area (Å²) in [7, 11) is 1.69. The van der Waals surface area contributed by atoms with Crippen LogP contribution in [0.25, 0.3) is 11.5 Å². The molecule has 1 aromatic carbocycles. The van der Waals surface area contributed by atoms with Crippen molar-refractivity contribution >= 4 is 17.6 Å². The van der Waals surface area contributed by atoms with E-state index in [1.165, 1.54) is 0 Å². The van der Waals surface area contributed by atoms with Crippen molar-refractivity contribution in [3.8, 4) is 11.5 Å². The van der Waals surface area contributed by atoms with E-state index in [4.69, 9.17) is 21.2 Å². The topological polar surface area (TPSA) is 79.5 Å². The van der Waals surface area contributed by atoms with Gasteiger partial charge in [0.05, 0.1) is 6.54 Å². The maximum atomic E-state index is 10.9. The van der Waals surface area contributed by atoms with Crippen LogP contribution in [0, 0.1) is 0 Å². The SMILES string of the molecule is CC(C(=O)O)N(C)Cc1noc(-c2ccc(Cl)cc2)n1. The van der Waals surface area contributed by atoms with Crippen molar-refractivity contribution in [3.63, 3.8) is 0 Å². The highest BCUT2D eigenvalue weighted by atomic mass is 35.5. The number of nitrogens with zero attached hydrogens (tertiary/aromatic N) is 3. The summed E-state index contributed by atoms with van der Waals surface area (Å²) in [6.07, 6.45) is 0. The van der Waals surface area contributed by atoms with Gasteiger partial charge in [-0.3, -0.25) is 9.69 Å². The van der Waals surface area contributed by atoms with E-state index < -0.39 is 12.0 Å². The predicted octanol–water partition coefficient (Wildman–Crippen LogP) is 2.29. The fourth-order valence-electron chi connectivity index (χ4n) is 1.58. The molecule has 2 aromatic rings. The van der Waals surface area contributed by atoms with Gasteiger partial charge in [-0.15, -0.1) is 0 Å². The molecule has 0 aliphatic heterocycles. The monoisotopic (exact) mass is 295 g/mol. The van der Waals surface area contributed by atoms with Crippen molar-refractivity contribution in [3.05, 3.63) is 35.1 Å². The number of carbonyl (C=O) groups is 1. The second-order valence-electron chi connectivity index (χ2n) is 4.45. The maximum absolute atomic E-state index is 10.9. The van der Waals surface area contributed by atoms with Crippen LogP contribution in [0.15, 0.2) is 28.8 Å². The molecule has 0 aliphatic rings. The van der Waals surface area contributed by atoms with Crippen molar-refractivity contribution in [1.29, 1.82) is 0 Å². The Kier molecular flexibility index (Phi) is 4.36. The Bertz CT molecular complexity index is 597. The molecule has 0 saturated carbocycles. The Morgan fingerprint density at radius 1 is 1.45 bits per heavy atom. The highest BCUT2D eigenvalue weighted by Gasteiger charge is 2.19. The number of aliphatic carboxylic acids is 1. The van der Waals surface area contributed by atoms with Gasteiger partial charge in [-0.1, -0.05) is 16.8 Å². The minimum absolute atomic E-state index is 0.296. The Balaban J connectivity index is 2.09. The maximum Gasteiger partial charge on any atom is 0.320 e. The molecule has 0 spiro atoms. The summed E-state index contributed by atoms with van der Waals surface area (Å²) in [4.78, 5) is 16.7. The highest BCUT2D eigenvalue weighted by Crippen LogP contribution is 2.20. The normalized spacial score (nSPS) is 12.6. The smallest absolute Gasteiger partial charge is 0.320 e. The first-order chi connectivity index (χ1) is 9.47. The summed E-state index contributed by atoms with van der Waals surface area (Å²) in [5.41, 5.74) is 0.766. The van der Waals surface area contributed by atoms with E-state index in [0.717, 1.165) is 5.56 Å². The van der Waals surface area contributed by atoms with E-state index in [-0.39, 0.29) is 0 Å². The molecule has 106 valence electrons. The van der Waals surface area contributed by atoms with Gasteiger partial charge >= 0.3 is 5.97 Å². The quantitative estimate of drug-likeness (QED) is 0.911. The number of carboxylic acids is 1. The van der Waals surface area contributed by atoms with Crippen molar-refractivity contribution in [2.24, 2.45) is 0 Å². The molecule has 0 radical (unpaired) electrons. The summed E-state index contributed by atoms with van der Waals surface area (Å²) >= 11 is 5.81. The van der Waals surface area contributed by atoms with Crippen LogP contribution in [0.5, 0.6) is 0 Å². The molecule has 20 heavy (non-hydrogen) atoms. The number of hydrogen-bond acceptors (Lipinski definition) is 5. The molecule has 1 aromatic heterocycles. The second kappa shape index (κ2) is 6.02. The zero-order chi connectivity index (χ0) is 14.7. The van der Waals surface area contributed by atoms with Crippen LogP contribution < -0.4 is 0 Å². The fraction of sp³-hybridized carbons (Fsp3) is 0.308. The van der Waals surface area contributed by atoms with Gasteiger partial charge in [0.15, 0.2) is 5.82 Å². The molecule has 2 rings (SSSR count). The summed E-state index contributed by atoms with van der Waals surface area (Å²) in [6.45, 7) is 1.90. The van der Waals surface area contributed by atoms with E-state index in [9.17, 15) is 4.79 Å². The number of carboxylic acid groups (broad SMARTS) is 1. The van der Waals surface area contributed by atoms with Gasteiger partial charge in [-0.05, 0) is 38.2 Å². The first kappa shape index (κ1) is 14.5. The standard InChI is InChI=1S/C13H14ClN3O3/c1-8(13(18)19)17(2)7-11-15-12(20-16-11)9-3-5-10(14)6-4-9/h3-6,8H,7H2,1-2H3,(H,18,19). The molecule has 0 bridgehead atoms. The first-order valence-electron chi connectivity index (χ1n) is 5.99. The summed E-state index contributed by atoms with van der Waals surface area (Å²) in [6, 6.07) is 6.41. The van der Waals surface area contributed by atoms with Gasteiger partial charge in [0.1, 0.15) is 6.04 Å². The van der Waals surface area contributed by atoms with Gasteiger partial charge in [-0.2, -0.15) is 4.98 Å². The van der Waals surface area contributed by atoms with Gasteiger partial charge in [0.2, 0.25) is 0 Å². The molecule has 1 atom stereocenters. The Morgan fingerprint density at radius 2 is 2.10 bits per heavy atom. The molecular weight excluding hydrogens is 282 g/mol. The first-order valence-corrected chi connectivity index (χ1v) is 6.36. The van der Waals surface area contributed by atoms with Gasteiger partial charge < -0.3 is 9.63 Å². The van der Waals surface area contributed by atoms with Crippen LogP contribution in [0.3, 0.4) is 0 Å². The Morgan fingerprint density at radius 3 is 2.70 bits per heavy atom. The number of rotatable bonds is 5. The summed E-state index contributed by atoms with van der Waals surface area (Å²) < 4.78 is 5.15. The van der Waals surface area contributed by atoms with E-state index in [2.05, 4.69) is 10.1 Å².